The third-order valence-electron chi connectivity index (χ3n) is 3.76. The molecule has 0 spiro atoms. The molecule has 1 aromatic carbocycles. The molecule has 1 amide bonds. The number of amides is 1. The molecule has 0 aliphatic heterocycles. The quantitative estimate of drug-likeness (QED) is 0.406. The average Bonchev–Trinajstić information content (AvgIpc) is 2.74. The van der Waals surface area contributed by atoms with Gasteiger partial charge in [-0.15, -0.1) is 32.8 Å². The Morgan fingerprint density at radius 3 is 2.07 bits per heavy atom. The third-order valence-corrected chi connectivity index (χ3v) is 3.76. The van der Waals surface area contributed by atoms with Crippen molar-refractivity contribution in [2.75, 3.05) is 46.2 Å². The van der Waals surface area contributed by atoms with Crippen LogP contribution in [0.25, 0.3) is 11.4 Å². The van der Waals surface area contributed by atoms with Gasteiger partial charge in [-0.1, -0.05) is 24.3 Å². The van der Waals surface area contributed by atoms with Crippen molar-refractivity contribution in [3.05, 3.63) is 35.7 Å². The van der Waals surface area contributed by atoms with Crippen molar-refractivity contribution >= 4 is 18.3 Å². The molecule has 166 valence electrons. The Hall–Kier alpha value is -2.24. The van der Waals surface area contributed by atoms with E-state index in [0.29, 0.717) is 70.8 Å². The molecule has 11 heteroatoms. The lowest BCUT2D eigenvalue weighted by molar-refractivity contribution is -0.122. The number of nitrogens with one attached hydrogen (secondary N) is 1. The van der Waals surface area contributed by atoms with Crippen molar-refractivity contribution in [2.24, 2.45) is 5.73 Å². The highest BCUT2D eigenvalue weighted by atomic mass is 35.5. The number of aryl methyl sites for hydroxylation is 1. The van der Waals surface area contributed by atoms with Crippen LogP contribution >= 0.6 is 12.4 Å². The van der Waals surface area contributed by atoms with E-state index in [0.717, 1.165) is 11.1 Å². The molecule has 0 atom stereocenters. The first kappa shape index (κ1) is 25.8. The SMILES string of the molecule is Cc1nnc(-c2ccc(CNC(=O)CCOCCOCCOCCN)cc2)nn1.Cl. The zero-order valence-corrected chi connectivity index (χ0v) is 17.9. The first-order valence-electron chi connectivity index (χ1n) is 9.52. The maximum Gasteiger partial charge on any atom is 0.222 e. The smallest absolute Gasteiger partial charge is 0.222 e. The second-order valence-electron chi connectivity index (χ2n) is 6.12. The van der Waals surface area contributed by atoms with Crippen molar-refractivity contribution in [3.63, 3.8) is 0 Å². The van der Waals surface area contributed by atoms with Crippen LogP contribution in [0.15, 0.2) is 24.3 Å². The van der Waals surface area contributed by atoms with Crippen LogP contribution in [0, 0.1) is 6.92 Å². The van der Waals surface area contributed by atoms with Crippen LogP contribution in [0.1, 0.15) is 17.8 Å². The van der Waals surface area contributed by atoms with Crippen LogP contribution < -0.4 is 11.1 Å². The second-order valence-corrected chi connectivity index (χ2v) is 6.12. The third kappa shape index (κ3) is 10.5. The minimum atomic E-state index is -0.0690. The fourth-order valence-corrected chi connectivity index (χ4v) is 2.25. The number of rotatable bonds is 14. The molecule has 0 unspecified atom stereocenters. The van der Waals surface area contributed by atoms with Gasteiger partial charge in [0.15, 0.2) is 5.82 Å². The van der Waals surface area contributed by atoms with Gasteiger partial charge in [0.05, 0.1) is 39.6 Å². The van der Waals surface area contributed by atoms with E-state index in [1.807, 2.05) is 24.3 Å². The normalized spacial score (nSPS) is 10.5. The van der Waals surface area contributed by atoms with Gasteiger partial charge >= 0.3 is 0 Å². The minimum Gasteiger partial charge on any atom is -0.379 e. The summed E-state index contributed by atoms with van der Waals surface area (Å²) in [4.78, 5) is 11.9. The van der Waals surface area contributed by atoms with Crippen LogP contribution in [0.2, 0.25) is 0 Å². The molecule has 0 fully saturated rings. The Balaban J connectivity index is 0.00000450. The first-order chi connectivity index (χ1) is 14.2. The van der Waals surface area contributed by atoms with Gasteiger partial charge < -0.3 is 25.3 Å². The average molecular weight is 441 g/mol. The van der Waals surface area contributed by atoms with E-state index in [1.54, 1.807) is 6.92 Å². The number of hydrogen-bond acceptors (Lipinski definition) is 9. The Bertz CT molecular complexity index is 718. The lowest BCUT2D eigenvalue weighted by atomic mass is 10.1. The fraction of sp³-hybridized carbons (Fsp3) is 0.526. The maximum atomic E-state index is 11.9. The molecule has 0 aliphatic rings. The van der Waals surface area contributed by atoms with E-state index < -0.39 is 0 Å². The summed E-state index contributed by atoms with van der Waals surface area (Å²) in [6.07, 6.45) is 0.298. The second kappa shape index (κ2) is 15.6. The van der Waals surface area contributed by atoms with Crippen molar-refractivity contribution in [2.45, 2.75) is 19.9 Å². The standard InChI is InChI=1S/C19H28N6O4.ClH/c1-15-22-24-19(25-23-15)17-4-2-16(3-5-17)14-21-18(26)6-8-27-10-12-29-13-11-28-9-7-20;/h2-5H,6-14,20H2,1H3,(H,21,26);1H. The first-order valence-corrected chi connectivity index (χ1v) is 9.52. The molecule has 0 bridgehead atoms. The number of hydrogen-bond donors (Lipinski definition) is 2. The van der Waals surface area contributed by atoms with Gasteiger partial charge in [-0.2, -0.15) is 0 Å². The Kier molecular flexibility index (Phi) is 13.4. The Morgan fingerprint density at radius 2 is 1.47 bits per heavy atom. The van der Waals surface area contributed by atoms with E-state index in [4.69, 9.17) is 19.9 Å². The van der Waals surface area contributed by atoms with E-state index in [1.165, 1.54) is 0 Å². The molecule has 3 N–H and O–H groups in total. The monoisotopic (exact) mass is 440 g/mol. The predicted molar refractivity (Wildman–Crippen MR) is 113 cm³/mol. The summed E-state index contributed by atoms with van der Waals surface area (Å²) in [5.41, 5.74) is 7.10. The van der Waals surface area contributed by atoms with Crippen molar-refractivity contribution in [1.82, 2.24) is 25.7 Å². The van der Waals surface area contributed by atoms with Gasteiger partial charge in [-0.3, -0.25) is 4.79 Å². The molecule has 0 radical (unpaired) electrons. The molecule has 1 aromatic heterocycles. The highest BCUT2D eigenvalue weighted by molar-refractivity contribution is 5.85. The number of ether oxygens (including phenoxy) is 3. The van der Waals surface area contributed by atoms with Crippen molar-refractivity contribution < 1.29 is 19.0 Å². The zero-order valence-electron chi connectivity index (χ0n) is 17.1. The molecule has 0 aliphatic carbocycles. The van der Waals surface area contributed by atoms with Gasteiger partial charge in [-0.25, -0.2) is 0 Å². The van der Waals surface area contributed by atoms with E-state index >= 15 is 0 Å². The summed E-state index contributed by atoms with van der Waals surface area (Å²) in [5.74, 6) is 0.924. The number of carbonyl (C=O) groups excluding carboxylic acids is 1. The van der Waals surface area contributed by atoms with Gasteiger partial charge in [0, 0.05) is 25.1 Å². The minimum absolute atomic E-state index is 0. The fourth-order valence-electron chi connectivity index (χ4n) is 2.25. The summed E-state index contributed by atoms with van der Waals surface area (Å²) in [7, 11) is 0. The highest BCUT2D eigenvalue weighted by Crippen LogP contribution is 2.13. The predicted octanol–water partition coefficient (Wildman–Crippen LogP) is 0.679. The largest absolute Gasteiger partial charge is 0.379 e. The van der Waals surface area contributed by atoms with Gasteiger partial charge in [0.1, 0.15) is 0 Å². The molecule has 30 heavy (non-hydrogen) atoms. The number of carbonyl (C=O) groups is 1. The molecule has 2 aromatic rings. The summed E-state index contributed by atoms with van der Waals surface area (Å²) in [6.45, 7) is 5.50. The van der Waals surface area contributed by atoms with Crippen LogP contribution in [-0.4, -0.2) is 72.5 Å². The van der Waals surface area contributed by atoms with Gasteiger partial charge in [0.25, 0.3) is 0 Å². The summed E-state index contributed by atoms with van der Waals surface area (Å²) in [5, 5.41) is 18.7. The summed E-state index contributed by atoms with van der Waals surface area (Å²) in [6, 6.07) is 7.56. The number of halogens is 1. The topological polar surface area (TPSA) is 134 Å². The zero-order chi connectivity index (χ0) is 20.7. The maximum absolute atomic E-state index is 11.9. The highest BCUT2D eigenvalue weighted by Gasteiger charge is 2.05. The Morgan fingerprint density at radius 1 is 0.900 bits per heavy atom. The van der Waals surface area contributed by atoms with E-state index in [9.17, 15) is 4.79 Å². The molecule has 1 heterocycles. The lowest BCUT2D eigenvalue weighted by Gasteiger charge is -2.08. The summed E-state index contributed by atoms with van der Waals surface area (Å²) < 4.78 is 15.9. The lowest BCUT2D eigenvalue weighted by Crippen LogP contribution is -2.24. The molecule has 10 nitrogen and oxygen atoms in total. The van der Waals surface area contributed by atoms with Crippen LogP contribution in [0.3, 0.4) is 0 Å². The molecular weight excluding hydrogens is 412 g/mol. The number of benzene rings is 1. The molecular formula is C19H29ClN6O4. The van der Waals surface area contributed by atoms with Crippen LogP contribution in [0.5, 0.6) is 0 Å². The van der Waals surface area contributed by atoms with Gasteiger partial charge in [0.2, 0.25) is 11.7 Å². The van der Waals surface area contributed by atoms with Crippen LogP contribution in [0.4, 0.5) is 0 Å². The van der Waals surface area contributed by atoms with Crippen molar-refractivity contribution in [3.8, 4) is 11.4 Å². The molecule has 2 rings (SSSR count). The number of nitrogens with zero attached hydrogens (tertiary/aromatic N) is 4. The number of nitrogens with two attached hydrogens (primary N) is 1. The molecule has 0 saturated heterocycles. The van der Waals surface area contributed by atoms with Crippen molar-refractivity contribution in [1.29, 1.82) is 0 Å². The summed E-state index contributed by atoms with van der Waals surface area (Å²) >= 11 is 0. The van der Waals surface area contributed by atoms with E-state index in [-0.39, 0.29) is 18.3 Å². The number of aromatic nitrogens is 4. The Labute approximate surface area is 182 Å². The van der Waals surface area contributed by atoms with Crippen LogP contribution in [-0.2, 0) is 25.5 Å². The molecule has 0 saturated carbocycles. The van der Waals surface area contributed by atoms with Gasteiger partial charge in [-0.05, 0) is 12.5 Å². The van der Waals surface area contributed by atoms with E-state index in [2.05, 4.69) is 25.7 Å².